The number of hydrogen-bond donors (Lipinski definition) is 1. The maximum Gasteiger partial charge on any atom is 0.251 e. The van der Waals surface area contributed by atoms with E-state index in [1.807, 2.05) is 58.1 Å². The van der Waals surface area contributed by atoms with Crippen LogP contribution in [0.1, 0.15) is 44.5 Å². The Morgan fingerprint density at radius 2 is 2.11 bits per heavy atom. The Hall–Kier alpha value is -2.46. The van der Waals surface area contributed by atoms with Crippen molar-refractivity contribution in [1.29, 1.82) is 0 Å². The second-order valence-electron chi connectivity index (χ2n) is 6.26. The van der Waals surface area contributed by atoms with Crippen LogP contribution in [0, 0.1) is 0 Å². The summed E-state index contributed by atoms with van der Waals surface area (Å²) < 4.78 is 11.0. The molecule has 0 radical (unpaired) electrons. The SMILES string of the molecule is C=C(OCC)C(/C=C\C)=C/C=C/CCNC(=O)c1ccc(OC(C)C)c(Cl)c1. The van der Waals surface area contributed by atoms with Crippen LogP contribution in [-0.2, 0) is 4.74 Å². The van der Waals surface area contributed by atoms with Gasteiger partial charge in [0.05, 0.1) is 17.7 Å². The lowest BCUT2D eigenvalue weighted by Gasteiger charge is -2.12. The standard InChI is InChI=1S/C23H30ClNO3/c1-6-11-19(18(5)27-7-2)12-9-8-10-15-25-23(26)20-13-14-22(21(24)16-20)28-17(3)4/h6,8-9,11-14,16-17H,5,7,10,15H2,1-4H3,(H,25,26)/b9-8+,11-6-,19-12+. The van der Waals surface area contributed by atoms with Gasteiger partial charge in [-0.15, -0.1) is 0 Å². The number of ether oxygens (including phenoxy) is 2. The van der Waals surface area contributed by atoms with E-state index in [0.717, 1.165) is 5.57 Å². The maximum absolute atomic E-state index is 12.2. The number of amides is 1. The summed E-state index contributed by atoms with van der Waals surface area (Å²) in [5.41, 5.74) is 1.43. The molecular weight excluding hydrogens is 374 g/mol. The fraction of sp³-hybridized carbons (Fsp3) is 0.348. The van der Waals surface area contributed by atoms with E-state index in [4.69, 9.17) is 21.1 Å². The second-order valence-corrected chi connectivity index (χ2v) is 6.67. The Labute approximate surface area is 173 Å². The molecule has 5 heteroatoms. The zero-order valence-electron chi connectivity index (χ0n) is 17.1. The second kappa shape index (κ2) is 12.8. The minimum Gasteiger partial charge on any atom is -0.494 e. The van der Waals surface area contributed by atoms with Gasteiger partial charge in [0.25, 0.3) is 5.91 Å². The molecule has 0 aromatic heterocycles. The van der Waals surface area contributed by atoms with Crippen LogP contribution < -0.4 is 10.1 Å². The third-order valence-corrected chi connectivity index (χ3v) is 3.85. The first kappa shape index (κ1) is 23.6. The van der Waals surface area contributed by atoms with Crippen LogP contribution in [0.25, 0.3) is 0 Å². The van der Waals surface area contributed by atoms with E-state index in [0.29, 0.717) is 41.7 Å². The molecule has 1 aromatic carbocycles. The number of nitrogens with one attached hydrogen (secondary N) is 1. The average Bonchev–Trinajstić information content (AvgIpc) is 2.64. The third kappa shape index (κ3) is 8.49. The molecule has 0 aliphatic heterocycles. The van der Waals surface area contributed by atoms with Gasteiger partial charge < -0.3 is 14.8 Å². The van der Waals surface area contributed by atoms with Gasteiger partial charge in [-0.3, -0.25) is 4.79 Å². The summed E-state index contributed by atoms with van der Waals surface area (Å²) in [5.74, 6) is 1.05. The van der Waals surface area contributed by atoms with Gasteiger partial charge in [-0.25, -0.2) is 0 Å². The number of halogens is 1. The van der Waals surface area contributed by atoms with E-state index in [-0.39, 0.29) is 12.0 Å². The van der Waals surface area contributed by atoms with Gasteiger partial charge in [-0.1, -0.05) is 48.6 Å². The number of hydrogen-bond acceptors (Lipinski definition) is 3. The molecule has 0 saturated carbocycles. The van der Waals surface area contributed by atoms with Crippen molar-refractivity contribution in [2.24, 2.45) is 0 Å². The summed E-state index contributed by atoms with van der Waals surface area (Å²) in [4.78, 5) is 12.2. The molecule has 0 atom stereocenters. The predicted octanol–water partition coefficient (Wildman–Crippen LogP) is 5.86. The van der Waals surface area contributed by atoms with Crippen LogP contribution in [0.3, 0.4) is 0 Å². The van der Waals surface area contributed by atoms with E-state index >= 15 is 0 Å². The minimum atomic E-state index is -0.165. The normalized spacial score (nSPS) is 12.0. The molecule has 4 nitrogen and oxygen atoms in total. The molecule has 0 unspecified atom stereocenters. The maximum atomic E-state index is 12.2. The quantitative estimate of drug-likeness (QED) is 0.286. The first-order valence-corrected chi connectivity index (χ1v) is 9.82. The smallest absolute Gasteiger partial charge is 0.251 e. The Morgan fingerprint density at radius 3 is 2.71 bits per heavy atom. The Morgan fingerprint density at radius 1 is 1.36 bits per heavy atom. The van der Waals surface area contributed by atoms with Crippen LogP contribution in [0.2, 0.25) is 5.02 Å². The molecule has 0 aliphatic rings. The van der Waals surface area contributed by atoms with Gasteiger partial charge in [0, 0.05) is 17.7 Å². The van der Waals surface area contributed by atoms with Crippen LogP contribution in [-0.4, -0.2) is 25.2 Å². The van der Waals surface area contributed by atoms with Gasteiger partial charge in [0.15, 0.2) is 0 Å². The molecule has 0 heterocycles. The van der Waals surface area contributed by atoms with Crippen molar-refractivity contribution in [3.8, 4) is 5.75 Å². The molecule has 1 aromatic rings. The van der Waals surface area contributed by atoms with Crippen LogP contribution >= 0.6 is 11.6 Å². The van der Waals surface area contributed by atoms with Crippen molar-refractivity contribution in [2.75, 3.05) is 13.2 Å². The van der Waals surface area contributed by atoms with Gasteiger partial charge in [-0.2, -0.15) is 0 Å². The van der Waals surface area contributed by atoms with Crippen LogP contribution in [0.15, 0.2) is 66.5 Å². The van der Waals surface area contributed by atoms with Gasteiger partial charge in [0.2, 0.25) is 0 Å². The summed E-state index contributed by atoms with van der Waals surface area (Å²) in [5, 5.41) is 3.30. The number of rotatable bonds is 11. The highest BCUT2D eigenvalue weighted by Crippen LogP contribution is 2.26. The third-order valence-electron chi connectivity index (χ3n) is 3.55. The fourth-order valence-corrected chi connectivity index (χ4v) is 2.53. The van der Waals surface area contributed by atoms with Crippen molar-refractivity contribution in [2.45, 2.75) is 40.2 Å². The number of allylic oxidation sites excluding steroid dienone is 4. The molecular formula is C23H30ClNO3. The van der Waals surface area contributed by atoms with Gasteiger partial charge in [0.1, 0.15) is 11.5 Å². The monoisotopic (exact) mass is 403 g/mol. The van der Waals surface area contributed by atoms with Crippen LogP contribution in [0.5, 0.6) is 5.75 Å². The minimum absolute atomic E-state index is 0.0250. The van der Waals surface area contributed by atoms with Crippen molar-refractivity contribution in [1.82, 2.24) is 5.32 Å². The van der Waals surface area contributed by atoms with E-state index < -0.39 is 0 Å². The molecule has 1 N–H and O–H groups in total. The molecule has 0 saturated heterocycles. The van der Waals surface area contributed by atoms with Crippen molar-refractivity contribution in [3.63, 3.8) is 0 Å². The molecule has 28 heavy (non-hydrogen) atoms. The summed E-state index contributed by atoms with van der Waals surface area (Å²) in [7, 11) is 0. The highest BCUT2D eigenvalue weighted by molar-refractivity contribution is 6.32. The topological polar surface area (TPSA) is 47.6 Å². The summed E-state index contributed by atoms with van der Waals surface area (Å²) in [6, 6.07) is 5.05. The number of benzene rings is 1. The predicted molar refractivity (Wildman–Crippen MR) is 117 cm³/mol. The van der Waals surface area contributed by atoms with Crippen LogP contribution in [0.4, 0.5) is 0 Å². The molecule has 0 aliphatic carbocycles. The van der Waals surface area contributed by atoms with Gasteiger partial charge >= 0.3 is 0 Å². The number of carbonyl (C=O) groups excluding carboxylic acids is 1. The Bertz CT molecular complexity index is 748. The van der Waals surface area contributed by atoms with E-state index in [1.54, 1.807) is 18.2 Å². The molecule has 0 fully saturated rings. The molecule has 1 rings (SSSR count). The first-order chi connectivity index (χ1) is 13.4. The van der Waals surface area contributed by atoms with Crippen molar-refractivity contribution < 1.29 is 14.3 Å². The fourth-order valence-electron chi connectivity index (χ4n) is 2.31. The summed E-state index contributed by atoms with van der Waals surface area (Å²) in [6.07, 6.45) is 10.5. The highest BCUT2D eigenvalue weighted by Gasteiger charge is 2.09. The number of carbonyl (C=O) groups is 1. The Kier molecular flexibility index (Phi) is 10.8. The molecule has 0 spiro atoms. The van der Waals surface area contributed by atoms with E-state index in [1.165, 1.54) is 0 Å². The molecule has 152 valence electrons. The highest BCUT2D eigenvalue weighted by atomic mass is 35.5. The van der Waals surface area contributed by atoms with Crippen molar-refractivity contribution in [3.05, 3.63) is 77.1 Å². The van der Waals surface area contributed by atoms with Crippen molar-refractivity contribution >= 4 is 17.5 Å². The summed E-state index contributed by atoms with van der Waals surface area (Å²) in [6.45, 7) is 12.7. The zero-order chi connectivity index (χ0) is 20.9. The van der Waals surface area contributed by atoms with E-state index in [2.05, 4.69) is 11.9 Å². The lowest BCUT2D eigenvalue weighted by Crippen LogP contribution is -2.24. The molecule has 1 amide bonds. The molecule has 0 bridgehead atoms. The zero-order valence-corrected chi connectivity index (χ0v) is 17.9. The lowest BCUT2D eigenvalue weighted by molar-refractivity contribution is 0.0954. The average molecular weight is 404 g/mol. The lowest BCUT2D eigenvalue weighted by atomic mass is 10.2. The summed E-state index contributed by atoms with van der Waals surface area (Å²) >= 11 is 6.18. The Balaban J connectivity index is 2.53. The van der Waals surface area contributed by atoms with E-state index in [9.17, 15) is 4.79 Å². The first-order valence-electron chi connectivity index (χ1n) is 9.45. The van der Waals surface area contributed by atoms with Gasteiger partial charge in [-0.05, 0) is 52.3 Å². The largest absolute Gasteiger partial charge is 0.494 e.